The molecule has 82 valence electrons. The summed E-state index contributed by atoms with van der Waals surface area (Å²) >= 11 is 0. The number of carbonyl (C=O) groups is 1. The van der Waals surface area contributed by atoms with E-state index in [1.165, 1.54) is 0 Å². The van der Waals surface area contributed by atoms with Gasteiger partial charge in [0.05, 0.1) is 0 Å². The van der Waals surface area contributed by atoms with E-state index >= 15 is 0 Å². The summed E-state index contributed by atoms with van der Waals surface area (Å²) in [6.07, 6.45) is 4.42. The molecule has 0 unspecified atom stereocenters. The molecule has 13 heavy (non-hydrogen) atoms. The number of nitrogens with zero attached hydrogens (tertiary/aromatic N) is 1. The number of hydrogen-bond donors (Lipinski definition) is 0. The van der Waals surface area contributed by atoms with Gasteiger partial charge >= 0.3 is 6.47 Å². The Bertz CT molecular complexity index is 104. The van der Waals surface area contributed by atoms with Crippen molar-refractivity contribution in [3.8, 4) is 0 Å². The Labute approximate surface area is 90.7 Å². The molecule has 0 aromatic carbocycles. The van der Waals surface area contributed by atoms with Gasteiger partial charge in [-0.15, -0.1) is 5.06 Å². The molecule has 0 aliphatic carbocycles. The van der Waals surface area contributed by atoms with Gasteiger partial charge in [-0.2, -0.15) is 0 Å². The molecule has 0 radical (unpaired) electrons. The van der Waals surface area contributed by atoms with Crippen LogP contribution >= 0.6 is 0 Å². The minimum atomic E-state index is 0. The van der Waals surface area contributed by atoms with E-state index in [-0.39, 0.29) is 16.5 Å². The van der Waals surface area contributed by atoms with E-state index < -0.39 is 0 Å². The van der Waals surface area contributed by atoms with Crippen LogP contribution in [0.25, 0.3) is 0 Å². The summed E-state index contributed by atoms with van der Waals surface area (Å²) in [7, 11) is 0. The summed E-state index contributed by atoms with van der Waals surface area (Å²) in [5.74, 6) is 0. The molecule has 0 saturated carbocycles. The zero-order valence-electron chi connectivity index (χ0n) is 8.40. The van der Waals surface area contributed by atoms with Gasteiger partial charge in [0, 0.05) is 29.6 Å². The van der Waals surface area contributed by atoms with Crippen LogP contribution in [0.2, 0.25) is 0 Å². The van der Waals surface area contributed by atoms with Crippen molar-refractivity contribution in [1.29, 1.82) is 0 Å². The molecular weight excluding hydrogens is 213 g/mol. The Morgan fingerprint density at radius 3 is 1.92 bits per heavy atom. The quantitative estimate of drug-likeness (QED) is 0.364. The summed E-state index contributed by atoms with van der Waals surface area (Å²) in [5, 5.41) is 1.74. The normalized spacial score (nSPS) is 9.46. The molecule has 0 amide bonds. The molecular formula is C9H19NNiO2. The van der Waals surface area contributed by atoms with E-state index in [1.807, 2.05) is 0 Å². The predicted molar refractivity (Wildman–Crippen MR) is 48.5 cm³/mol. The van der Waals surface area contributed by atoms with Crippen molar-refractivity contribution < 1.29 is 26.1 Å². The molecule has 0 aliphatic heterocycles. The van der Waals surface area contributed by atoms with Crippen molar-refractivity contribution in [3.63, 3.8) is 0 Å². The molecule has 0 aliphatic rings. The maximum atomic E-state index is 10.1. The molecule has 0 fully saturated rings. The summed E-state index contributed by atoms with van der Waals surface area (Å²) in [4.78, 5) is 14.9. The van der Waals surface area contributed by atoms with Crippen LogP contribution in [0.15, 0.2) is 0 Å². The number of hydroxylamine groups is 2. The third-order valence-corrected chi connectivity index (χ3v) is 1.71. The molecule has 3 nitrogen and oxygen atoms in total. The molecule has 0 saturated heterocycles. The van der Waals surface area contributed by atoms with Gasteiger partial charge in [-0.25, -0.2) is 0 Å². The first-order valence-electron chi connectivity index (χ1n) is 4.70. The fraction of sp³-hybridized carbons (Fsp3) is 0.889. The van der Waals surface area contributed by atoms with Gasteiger partial charge in [0.15, 0.2) is 0 Å². The molecule has 0 aromatic rings. The van der Waals surface area contributed by atoms with Gasteiger partial charge in [-0.1, -0.05) is 26.7 Å². The largest absolute Gasteiger partial charge is 0.371 e. The Morgan fingerprint density at radius 1 is 1.15 bits per heavy atom. The van der Waals surface area contributed by atoms with Crippen LogP contribution in [0.5, 0.6) is 0 Å². The van der Waals surface area contributed by atoms with Crippen molar-refractivity contribution in [2.24, 2.45) is 0 Å². The molecule has 0 rings (SSSR count). The molecule has 0 bridgehead atoms. The molecule has 0 spiro atoms. The smallest absolute Gasteiger partial charge is 0.312 e. The Kier molecular flexibility index (Phi) is 14.1. The molecule has 0 N–H and O–H groups in total. The van der Waals surface area contributed by atoms with Crippen LogP contribution in [-0.4, -0.2) is 24.6 Å². The van der Waals surface area contributed by atoms with E-state index in [4.69, 9.17) is 4.84 Å². The summed E-state index contributed by atoms with van der Waals surface area (Å²) < 4.78 is 0. The number of rotatable bonds is 8. The fourth-order valence-electron chi connectivity index (χ4n) is 0.947. The third kappa shape index (κ3) is 9.84. The van der Waals surface area contributed by atoms with Gasteiger partial charge in [0.1, 0.15) is 0 Å². The van der Waals surface area contributed by atoms with E-state index in [1.54, 1.807) is 5.06 Å². The van der Waals surface area contributed by atoms with Crippen molar-refractivity contribution in [1.82, 2.24) is 5.06 Å². The molecule has 0 atom stereocenters. The van der Waals surface area contributed by atoms with E-state index in [0.717, 1.165) is 38.8 Å². The minimum absolute atomic E-state index is 0. The van der Waals surface area contributed by atoms with Crippen LogP contribution in [0, 0.1) is 0 Å². The van der Waals surface area contributed by atoms with Gasteiger partial charge in [-0.05, 0) is 12.8 Å². The second-order valence-corrected chi connectivity index (χ2v) is 2.84. The van der Waals surface area contributed by atoms with Crippen LogP contribution in [0.3, 0.4) is 0 Å². The van der Waals surface area contributed by atoms with Crippen molar-refractivity contribution >= 4 is 6.47 Å². The maximum absolute atomic E-state index is 10.1. The van der Waals surface area contributed by atoms with Crippen molar-refractivity contribution in [2.45, 2.75) is 39.5 Å². The van der Waals surface area contributed by atoms with Gasteiger partial charge in [-0.3, -0.25) is 4.79 Å². The minimum Gasteiger partial charge on any atom is -0.371 e. The third-order valence-electron chi connectivity index (χ3n) is 1.71. The van der Waals surface area contributed by atoms with Crippen LogP contribution < -0.4 is 0 Å². The van der Waals surface area contributed by atoms with Gasteiger partial charge < -0.3 is 4.84 Å². The fourth-order valence-corrected chi connectivity index (χ4v) is 0.947. The topological polar surface area (TPSA) is 29.5 Å². The number of carbonyl (C=O) groups excluding carboxylic acids is 1. The molecule has 0 heterocycles. The number of unbranched alkanes of at least 4 members (excludes halogenated alkanes) is 2. The Hall–Kier alpha value is -0.0765. The average Bonchev–Trinajstić information content (AvgIpc) is 2.10. The van der Waals surface area contributed by atoms with Gasteiger partial charge in [0.25, 0.3) is 0 Å². The Morgan fingerprint density at radius 2 is 1.62 bits per heavy atom. The average molecular weight is 232 g/mol. The second kappa shape index (κ2) is 11.9. The monoisotopic (exact) mass is 231 g/mol. The first-order chi connectivity index (χ1) is 5.85. The summed E-state index contributed by atoms with van der Waals surface area (Å²) in [6.45, 7) is 6.47. The predicted octanol–water partition coefficient (Wildman–Crippen LogP) is 1.97. The summed E-state index contributed by atoms with van der Waals surface area (Å²) in [5.41, 5.74) is 0. The molecule has 0 aromatic heterocycles. The zero-order chi connectivity index (χ0) is 9.23. The SMILES string of the molecule is CCCCN(CCCC)OC=O.[Ni]. The van der Waals surface area contributed by atoms with Crippen LogP contribution in [0.1, 0.15) is 39.5 Å². The maximum Gasteiger partial charge on any atom is 0.312 e. The van der Waals surface area contributed by atoms with Crippen molar-refractivity contribution in [3.05, 3.63) is 0 Å². The summed E-state index contributed by atoms with van der Waals surface area (Å²) in [6, 6.07) is 0. The number of hydrogen-bond acceptors (Lipinski definition) is 3. The van der Waals surface area contributed by atoms with E-state index in [2.05, 4.69) is 13.8 Å². The van der Waals surface area contributed by atoms with E-state index in [0.29, 0.717) is 6.47 Å². The molecule has 4 heteroatoms. The van der Waals surface area contributed by atoms with Crippen molar-refractivity contribution in [2.75, 3.05) is 13.1 Å². The first kappa shape index (κ1) is 15.4. The second-order valence-electron chi connectivity index (χ2n) is 2.84. The van der Waals surface area contributed by atoms with Crippen LogP contribution in [0.4, 0.5) is 0 Å². The standard InChI is InChI=1S/C9H19NO2.Ni/c1-3-5-7-10(12-9-11)8-6-4-2;/h9H,3-8H2,1-2H3;. The van der Waals surface area contributed by atoms with E-state index in [9.17, 15) is 4.79 Å². The van der Waals surface area contributed by atoms with Gasteiger partial charge in [0.2, 0.25) is 0 Å². The van der Waals surface area contributed by atoms with Crippen LogP contribution in [-0.2, 0) is 26.1 Å². The zero-order valence-corrected chi connectivity index (χ0v) is 9.39. The first-order valence-corrected chi connectivity index (χ1v) is 4.70. The Balaban J connectivity index is 0.